The summed E-state index contributed by atoms with van der Waals surface area (Å²) in [6, 6.07) is 14.8. The molecule has 3 saturated heterocycles. The van der Waals surface area contributed by atoms with Crippen molar-refractivity contribution in [3.63, 3.8) is 0 Å². The molecule has 6 nitrogen and oxygen atoms in total. The maximum atomic E-state index is 12.9. The molecule has 0 radical (unpaired) electrons. The van der Waals surface area contributed by atoms with E-state index in [4.69, 9.17) is 14.2 Å². The van der Waals surface area contributed by atoms with E-state index in [0.29, 0.717) is 5.92 Å². The van der Waals surface area contributed by atoms with Crippen molar-refractivity contribution in [2.24, 2.45) is 11.3 Å². The van der Waals surface area contributed by atoms with Gasteiger partial charge in [0.1, 0.15) is 11.9 Å². The fraction of sp³-hybridized carbons (Fsp3) is 0.519. The molecule has 2 aliphatic carbocycles. The molecular weight excluding hydrogens is 416 g/mol. The predicted octanol–water partition coefficient (Wildman–Crippen LogP) is 4.53. The van der Waals surface area contributed by atoms with Crippen molar-refractivity contribution in [2.75, 3.05) is 33.5 Å². The molecule has 5 aliphatic rings. The minimum Gasteiger partial charge on any atom is -0.468 e. The van der Waals surface area contributed by atoms with E-state index in [1.165, 1.54) is 16.7 Å². The topological polar surface area (TPSA) is 60.0 Å². The highest BCUT2D eigenvalue weighted by atomic mass is 16.7. The highest BCUT2D eigenvalue weighted by Crippen LogP contribution is 2.62. The largest absolute Gasteiger partial charge is 0.468 e. The molecule has 1 N–H and O–H groups in total. The van der Waals surface area contributed by atoms with Gasteiger partial charge in [0.25, 0.3) is 0 Å². The fourth-order valence-electron chi connectivity index (χ4n) is 6.11. The van der Waals surface area contributed by atoms with E-state index in [2.05, 4.69) is 34.5 Å². The Morgan fingerprint density at radius 3 is 2.67 bits per heavy atom. The minimum atomic E-state index is -0.245. The van der Waals surface area contributed by atoms with Crippen LogP contribution in [0.25, 0.3) is 11.1 Å². The zero-order chi connectivity index (χ0) is 22.4. The first-order valence-electron chi connectivity index (χ1n) is 12.2. The number of nitrogens with one attached hydrogen (secondary N) is 1. The van der Waals surface area contributed by atoms with Crippen molar-refractivity contribution in [1.82, 2.24) is 10.2 Å². The molecule has 2 bridgehead atoms. The number of hydrogen-bond acceptors (Lipinski definition) is 5. The molecule has 33 heavy (non-hydrogen) atoms. The maximum absolute atomic E-state index is 12.9. The fourth-order valence-corrected chi connectivity index (χ4v) is 6.11. The van der Waals surface area contributed by atoms with Crippen LogP contribution in [0, 0.1) is 11.3 Å². The number of alkyl carbamates (subject to hydrolysis) is 1. The molecule has 2 aromatic carbocycles. The zero-order valence-electron chi connectivity index (χ0n) is 19.2. The van der Waals surface area contributed by atoms with Crippen LogP contribution >= 0.6 is 0 Å². The second-order valence-electron chi connectivity index (χ2n) is 10.2. The number of carbonyl (C=O) groups excluding carboxylic acids is 1. The molecule has 2 atom stereocenters. The van der Waals surface area contributed by atoms with E-state index in [1.807, 2.05) is 18.2 Å². The summed E-state index contributed by atoms with van der Waals surface area (Å²) < 4.78 is 16.6. The van der Waals surface area contributed by atoms with Crippen LogP contribution in [-0.4, -0.2) is 50.6 Å². The molecule has 2 aromatic rings. The first kappa shape index (κ1) is 21.0. The second kappa shape index (κ2) is 8.33. The molecule has 1 saturated carbocycles. The molecule has 1 amide bonds. The van der Waals surface area contributed by atoms with Gasteiger partial charge >= 0.3 is 6.09 Å². The zero-order valence-corrected chi connectivity index (χ0v) is 19.2. The number of ether oxygens (including phenoxy) is 3. The number of benzene rings is 2. The van der Waals surface area contributed by atoms with Gasteiger partial charge in [0.05, 0.1) is 6.04 Å². The Balaban J connectivity index is 1.18. The van der Waals surface area contributed by atoms with E-state index in [9.17, 15) is 4.79 Å². The first-order chi connectivity index (χ1) is 16.1. The van der Waals surface area contributed by atoms with E-state index in [-0.39, 0.29) is 30.4 Å². The molecule has 1 unspecified atom stereocenters. The van der Waals surface area contributed by atoms with Crippen LogP contribution in [0.15, 0.2) is 42.5 Å². The third-order valence-corrected chi connectivity index (χ3v) is 8.13. The van der Waals surface area contributed by atoms with Crippen LogP contribution < -0.4 is 10.1 Å². The molecule has 1 spiro atoms. The summed E-state index contributed by atoms with van der Waals surface area (Å²) in [7, 11) is 1.62. The summed E-state index contributed by atoms with van der Waals surface area (Å²) >= 11 is 0. The summed E-state index contributed by atoms with van der Waals surface area (Å²) in [5.74, 6) is 1.32. The van der Waals surface area contributed by atoms with Crippen LogP contribution in [0.4, 0.5) is 4.79 Å². The van der Waals surface area contributed by atoms with Gasteiger partial charge in [-0.3, -0.25) is 4.90 Å². The second-order valence-corrected chi connectivity index (χ2v) is 10.2. The number of hydrogen-bond donors (Lipinski definition) is 1. The van der Waals surface area contributed by atoms with E-state index in [0.717, 1.165) is 63.1 Å². The standard InChI is InChI=1S/C27H32N2O4/c1-31-17-32-22-4-2-3-19(14-22)20-5-6-23-21(13-20)15-27(9-10-27)25(23)28-26(30)33-24-16-29-11-7-18(24)8-12-29/h2-6,13-14,18,24-25H,7-12,15-17H2,1H3,(H,28,30)/t24-,25?/m0/s1. The average Bonchev–Trinajstić information content (AvgIpc) is 3.56. The number of amides is 1. The van der Waals surface area contributed by atoms with Gasteiger partial charge in [-0.25, -0.2) is 4.79 Å². The van der Waals surface area contributed by atoms with Crippen LogP contribution in [0.2, 0.25) is 0 Å². The van der Waals surface area contributed by atoms with Crippen molar-refractivity contribution in [3.8, 4) is 16.9 Å². The van der Waals surface area contributed by atoms with E-state index >= 15 is 0 Å². The lowest BCUT2D eigenvalue weighted by Gasteiger charge is -2.44. The smallest absolute Gasteiger partial charge is 0.407 e. The molecule has 0 aromatic heterocycles. The van der Waals surface area contributed by atoms with Gasteiger partial charge in [-0.05, 0) is 90.9 Å². The molecular formula is C27H32N2O4. The molecule has 174 valence electrons. The monoisotopic (exact) mass is 448 g/mol. The summed E-state index contributed by atoms with van der Waals surface area (Å²) in [4.78, 5) is 15.3. The lowest BCUT2D eigenvalue weighted by molar-refractivity contribution is -0.0344. The van der Waals surface area contributed by atoms with Crippen LogP contribution in [0.1, 0.15) is 42.9 Å². The van der Waals surface area contributed by atoms with Gasteiger partial charge in [-0.15, -0.1) is 0 Å². The Hall–Kier alpha value is -2.57. The highest BCUT2D eigenvalue weighted by Gasteiger charge is 2.55. The quantitative estimate of drug-likeness (QED) is 0.658. The summed E-state index contributed by atoms with van der Waals surface area (Å²) in [6.07, 6.45) is 5.41. The van der Waals surface area contributed by atoms with Crippen LogP contribution in [-0.2, 0) is 15.9 Å². The lowest BCUT2D eigenvalue weighted by Crippen LogP contribution is -2.52. The summed E-state index contributed by atoms with van der Waals surface area (Å²) in [5.41, 5.74) is 5.03. The van der Waals surface area contributed by atoms with Gasteiger partial charge in [0.2, 0.25) is 0 Å². The van der Waals surface area contributed by atoms with Crippen molar-refractivity contribution in [3.05, 3.63) is 53.6 Å². The normalized spacial score (nSPS) is 28.4. The van der Waals surface area contributed by atoms with Gasteiger partial charge in [-0.2, -0.15) is 0 Å². The number of fused-ring (bicyclic) bond motifs is 4. The number of nitrogens with zero attached hydrogens (tertiary/aromatic N) is 1. The number of carbonyl (C=O) groups is 1. The van der Waals surface area contributed by atoms with Crippen molar-refractivity contribution in [2.45, 2.75) is 44.2 Å². The van der Waals surface area contributed by atoms with Gasteiger partial charge < -0.3 is 19.5 Å². The lowest BCUT2D eigenvalue weighted by atomic mass is 9.86. The predicted molar refractivity (Wildman–Crippen MR) is 125 cm³/mol. The van der Waals surface area contributed by atoms with Gasteiger partial charge in [0, 0.05) is 13.7 Å². The SMILES string of the molecule is COCOc1cccc(-c2ccc3c(c2)CC2(CC2)C3NC(=O)O[C@H]2CN3CCC2CC3)c1. The first-order valence-corrected chi connectivity index (χ1v) is 12.2. The van der Waals surface area contributed by atoms with Gasteiger partial charge in [-0.1, -0.05) is 30.3 Å². The third kappa shape index (κ3) is 4.00. The molecule has 6 heteroatoms. The van der Waals surface area contributed by atoms with Crippen molar-refractivity contribution < 1.29 is 19.0 Å². The van der Waals surface area contributed by atoms with E-state index < -0.39 is 0 Å². The number of methoxy groups -OCH3 is 1. The third-order valence-electron chi connectivity index (χ3n) is 8.13. The van der Waals surface area contributed by atoms with E-state index in [1.54, 1.807) is 7.11 Å². The van der Waals surface area contributed by atoms with Gasteiger partial charge in [0.15, 0.2) is 6.79 Å². The van der Waals surface area contributed by atoms with Crippen LogP contribution in [0.3, 0.4) is 0 Å². The summed E-state index contributed by atoms with van der Waals surface area (Å²) in [6.45, 7) is 3.42. The molecule has 7 rings (SSSR count). The van der Waals surface area contributed by atoms with Crippen LogP contribution in [0.5, 0.6) is 5.75 Å². The molecule has 3 aliphatic heterocycles. The maximum Gasteiger partial charge on any atom is 0.407 e. The Labute approximate surface area is 195 Å². The highest BCUT2D eigenvalue weighted by molar-refractivity contribution is 5.71. The molecule has 3 heterocycles. The Bertz CT molecular complexity index is 1040. The summed E-state index contributed by atoms with van der Waals surface area (Å²) in [5, 5.41) is 3.27. The number of piperidine rings is 3. The van der Waals surface area contributed by atoms with Crippen molar-refractivity contribution >= 4 is 6.09 Å². The minimum absolute atomic E-state index is 0.0403. The Kier molecular flexibility index (Phi) is 5.30. The number of rotatable bonds is 6. The Morgan fingerprint density at radius 1 is 1.12 bits per heavy atom. The Morgan fingerprint density at radius 2 is 1.94 bits per heavy atom. The average molecular weight is 449 g/mol. The van der Waals surface area contributed by atoms with Crippen molar-refractivity contribution in [1.29, 1.82) is 0 Å². The molecule has 4 fully saturated rings.